The van der Waals surface area contributed by atoms with Crippen molar-refractivity contribution in [2.24, 2.45) is 11.8 Å². The number of para-hydroxylation sites is 1. The molecule has 1 heterocycles. The van der Waals surface area contributed by atoms with E-state index in [1.165, 1.54) is 99.7 Å². The normalized spacial score (nSPS) is 14.0. The Morgan fingerprint density at radius 2 is 0.923 bits per heavy atom. The van der Waals surface area contributed by atoms with E-state index in [9.17, 15) is 0 Å². The molecule has 0 spiro atoms. The molecule has 0 bridgehead atoms. The molecule has 13 aromatic rings. The van der Waals surface area contributed by atoms with Crippen molar-refractivity contribution < 1.29 is 4.74 Å². The van der Waals surface area contributed by atoms with E-state index >= 15 is 0 Å². The maximum atomic E-state index is 6.57. The molecule has 0 amide bonds. The second kappa shape index (κ2) is 25.2. The fourth-order valence-corrected chi connectivity index (χ4v) is 14.4. The minimum atomic E-state index is -0.407. The van der Waals surface area contributed by atoms with E-state index in [-0.39, 0.29) is 0 Å². The molecule has 0 N–H and O–H groups in total. The van der Waals surface area contributed by atoms with Gasteiger partial charge < -0.3 is 14.2 Å². The number of benzene rings is 12. The minimum absolute atomic E-state index is 0.392. The fraction of sp³-hybridized carbons (Fsp3) is 0.136. The predicted octanol–water partition coefficient (Wildman–Crippen LogP) is 24.1. The van der Waals surface area contributed by atoms with Crippen LogP contribution in [0.4, 0.5) is 17.1 Å². The number of hydrogen-bond acceptors (Lipinski definition) is 2. The van der Waals surface area contributed by atoms with Crippen LogP contribution in [0.5, 0.6) is 5.75 Å². The highest BCUT2D eigenvalue weighted by Gasteiger charge is 2.46. The standard InChI is InChI=1S/C88H76N2O/c1-7-63-28-32-67(33-29-63)69-40-49-78(50-41-69)91-59-65(9-3)27-25-61(5)58-88(84-54-60(4)24-26-62(84)6)83-23-17-16-22-79(83)80-51-48-77(57-85(80)88)89(75-44-36-68(37-45-75)66-18-12-10-13-19-66)76-46-38-71(39-47-76)73-43-53-87-82(56-73)81-55-72(70-34-30-64(8-2)31-35-70)42-52-86(81)90(87)74-20-14-11-15-21-74/h7-8,10-24,26,28-57,61,65H,1-2,9,25,27,58-59H2,3-6H3. The van der Waals surface area contributed by atoms with Gasteiger partial charge in [-0.25, -0.2) is 0 Å². The average molecular weight is 1180 g/mol. The lowest BCUT2D eigenvalue weighted by Gasteiger charge is -2.38. The molecular formula is C88H76N2O. The molecule has 0 radical (unpaired) electrons. The van der Waals surface area contributed by atoms with Gasteiger partial charge in [0.25, 0.3) is 0 Å². The third-order valence-corrected chi connectivity index (χ3v) is 19.3. The van der Waals surface area contributed by atoms with Crippen LogP contribution in [0.2, 0.25) is 0 Å². The monoisotopic (exact) mass is 1180 g/mol. The van der Waals surface area contributed by atoms with Crippen molar-refractivity contribution in [1.29, 1.82) is 0 Å². The second-order valence-corrected chi connectivity index (χ2v) is 25.1. The smallest absolute Gasteiger partial charge is 0.119 e. The molecule has 1 aliphatic carbocycles. The summed E-state index contributed by atoms with van der Waals surface area (Å²) in [5.74, 6) is 1.74. The van der Waals surface area contributed by atoms with E-state index < -0.39 is 5.41 Å². The summed E-state index contributed by atoms with van der Waals surface area (Å²) >= 11 is 0. The van der Waals surface area contributed by atoms with Crippen molar-refractivity contribution in [3.63, 3.8) is 0 Å². The lowest BCUT2D eigenvalue weighted by atomic mass is 9.65. The molecule has 1 aliphatic rings. The molecule has 0 fully saturated rings. The molecule has 0 aliphatic heterocycles. The Morgan fingerprint density at radius 3 is 1.49 bits per heavy atom. The summed E-state index contributed by atoms with van der Waals surface area (Å²) < 4.78 is 8.98. The van der Waals surface area contributed by atoms with Crippen molar-refractivity contribution in [1.82, 2.24) is 4.57 Å². The highest BCUT2D eigenvalue weighted by atomic mass is 16.5. The Balaban J connectivity index is 0.823. The van der Waals surface area contributed by atoms with Crippen molar-refractivity contribution >= 4 is 51.0 Å². The number of aryl methyl sites for hydroxylation is 2. The largest absolute Gasteiger partial charge is 0.493 e. The van der Waals surface area contributed by atoms with Gasteiger partial charge in [0, 0.05) is 38.9 Å². The Bertz CT molecular complexity index is 4750. The number of ether oxygens (including phenoxy) is 1. The molecule has 3 atom stereocenters. The maximum Gasteiger partial charge on any atom is 0.119 e. The summed E-state index contributed by atoms with van der Waals surface area (Å²) in [4.78, 5) is 2.47. The molecule has 3 heteroatoms. The van der Waals surface area contributed by atoms with Crippen LogP contribution in [0.15, 0.2) is 292 Å². The molecule has 12 aromatic carbocycles. The first-order valence-corrected chi connectivity index (χ1v) is 32.4. The number of rotatable bonds is 20. The maximum absolute atomic E-state index is 6.57. The fourth-order valence-electron chi connectivity index (χ4n) is 14.4. The van der Waals surface area contributed by atoms with E-state index in [0.29, 0.717) is 18.4 Å². The molecule has 444 valence electrons. The third kappa shape index (κ3) is 11.3. The number of fused-ring (bicyclic) bond motifs is 6. The van der Waals surface area contributed by atoms with Gasteiger partial charge in [-0.15, -0.1) is 0 Å². The number of hydrogen-bond donors (Lipinski definition) is 0. The Morgan fingerprint density at radius 1 is 0.440 bits per heavy atom. The van der Waals surface area contributed by atoms with Gasteiger partial charge in [0.05, 0.1) is 17.6 Å². The van der Waals surface area contributed by atoms with Gasteiger partial charge >= 0.3 is 0 Å². The molecule has 0 saturated heterocycles. The molecular weight excluding hydrogens is 1100 g/mol. The zero-order valence-corrected chi connectivity index (χ0v) is 52.6. The lowest BCUT2D eigenvalue weighted by Crippen LogP contribution is -2.31. The third-order valence-electron chi connectivity index (χ3n) is 19.3. The number of anilines is 3. The van der Waals surface area contributed by atoms with Gasteiger partial charge in [0.15, 0.2) is 0 Å². The van der Waals surface area contributed by atoms with Gasteiger partial charge in [0.2, 0.25) is 0 Å². The summed E-state index contributed by atoms with van der Waals surface area (Å²) in [5, 5.41) is 2.44. The van der Waals surface area contributed by atoms with Crippen molar-refractivity contribution in [2.45, 2.75) is 58.8 Å². The quantitative estimate of drug-likeness (QED) is 0.0757. The Hall–Kier alpha value is -10.5. The van der Waals surface area contributed by atoms with Crippen molar-refractivity contribution in [2.75, 3.05) is 11.5 Å². The van der Waals surface area contributed by atoms with E-state index in [2.05, 4.69) is 329 Å². The first-order valence-electron chi connectivity index (χ1n) is 32.4. The molecule has 91 heavy (non-hydrogen) atoms. The van der Waals surface area contributed by atoms with Gasteiger partial charge in [-0.05, 0) is 212 Å². The van der Waals surface area contributed by atoms with Crippen LogP contribution in [0.3, 0.4) is 0 Å². The molecule has 0 saturated carbocycles. The molecule has 14 rings (SSSR count). The van der Waals surface area contributed by atoms with Gasteiger partial charge in [-0.2, -0.15) is 0 Å². The number of nitrogens with zero attached hydrogens (tertiary/aromatic N) is 2. The molecule has 3 nitrogen and oxygen atoms in total. The van der Waals surface area contributed by atoms with Crippen LogP contribution in [0.25, 0.3) is 95.3 Å². The van der Waals surface area contributed by atoms with E-state index in [4.69, 9.17) is 4.74 Å². The summed E-state index contributed by atoms with van der Waals surface area (Å²) in [5.41, 5.74) is 27.5. The molecule has 1 aromatic heterocycles. The zero-order valence-electron chi connectivity index (χ0n) is 52.6. The first-order chi connectivity index (χ1) is 44.7. The second-order valence-electron chi connectivity index (χ2n) is 25.1. The van der Waals surface area contributed by atoms with Gasteiger partial charge in [-0.3, -0.25) is 0 Å². The summed E-state index contributed by atoms with van der Waals surface area (Å²) in [6.45, 7) is 18.0. The van der Waals surface area contributed by atoms with Crippen LogP contribution < -0.4 is 9.64 Å². The van der Waals surface area contributed by atoms with Crippen LogP contribution in [-0.4, -0.2) is 11.2 Å². The number of aromatic nitrogens is 1. The Labute approximate surface area is 537 Å². The van der Waals surface area contributed by atoms with E-state index in [0.717, 1.165) is 70.9 Å². The zero-order chi connectivity index (χ0) is 62.0. The van der Waals surface area contributed by atoms with Crippen molar-refractivity contribution in [3.05, 3.63) is 331 Å². The van der Waals surface area contributed by atoms with Gasteiger partial charge in [-0.1, -0.05) is 252 Å². The summed E-state index contributed by atoms with van der Waals surface area (Å²) in [6.07, 6.45) is 7.98. The topological polar surface area (TPSA) is 17.4 Å². The van der Waals surface area contributed by atoms with Crippen LogP contribution in [0, 0.1) is 25.7 Å². The van der Waals surface area contributed by atoms with E-state index in [1.807, 2.05) is 12.2 Å². The van der Waals surface area contributed by atoms with Gasteiger partial charge in [0.1, 0.15) is 5.75 Å². The van der Waals surface area contributed by atoms with E-state index in [1.54, 1.807) is 0 Å². The van der Waals surface area contributed by atoms with Crippen LogP contribution in [-0.2, 0) is 5.41 Å². The first kappa shape index (κ1) is 58.2. The lowest BCUT2D eigenvalue weighted by molar-refractivity contribution is 0.224. The highest BCUT2D eigenvalue weighted by Crippen LogP contribution is 2.58. The summed E-state index contributed by atoms with van der Waals surface area (Å²) in [7, 11) is 0. The highest BCUT2D eigenvalue weighted by molar-refractivity contribution is 6.11. The van der Waals surface area contributed by atoms with Crippen LogP contribution in [0.1, 0.15) is 78.5 Å². The Kier molecular flexibility index (Phi) is 16.1. The predicted molar refractivity (Wildman–Crippen MR) is 387 cm³/mol. The average Bonchev–Trinajstić information content (AvgIpc) is 1.57. The van der Waals surface area contributed by atoms with Crippen LogP contribution >= 0.6 is 0 Å². The van der Waals surface area contributed by atoms with Crippen molar-refractivity contribution in [3.8, 4) is 67.1 Å². The molecule has 3 unspecified atom stereocenters. The minimum Gasteiger partial charge on any atom is -0.493 e. The SMILES string of the molecule is C=Cc1ccc(-c2ccc(OCC(CC)CCC(C)CC3(c4cc(C)ccc4C)c4ccccc4-c4ccc(N(c5ccc(-c6ccccc6)cc5)c5ccc(-c6ccc7c(c6)c6cc(-c8ccc(C=C)cc8)ccc6n7-c6ccccc6)cc5)cc43)cc2)cc1. The summed E-state index contributed by atoms with van der Waals surface area (Å²) in [6, 6.07) is 103.